The van der Waals surface area contributed by atoms with E-state index >= 15 is 0 Å². The minimum absolute atomic E-state index is 0.110. The van der Waals surface area contributed by atoms with Gasteiger partial charge >= 0.3 is 0 Å². The molecule has 4 rings (SSSR count). The second-order valence-corrected chi connectivity index (χ2v) is 7.96. The second-order valence-electron chi connectivity index (χ2n) is 7.96. The lowest BCUT2D eigenvalue weighted by Gasteiger charge is -2.40. The molecule has 0 radical (unpaired) electrons. The Hall–Kier alpha value is -2.93. The molecular formula is C27H27FN2. The Balaban J connectivity index is 1.36. The van der Waals surface area contributed by atoms with Crippen LogP contribution >= 0.6 is 0 Å². The molecule has 1 aliphatic rings. The second kappa shape index (κ2) is 9.71. The summed E-state index contributed by atoms with van der Waals surface area (Å²) in [6.45, 7) is 6.72. The fraction of sp³-hybridized carbons (Fsp3) is 0.259. The first-order chi connectivity index (χ1) is 14.7. The van der Waals surface area contributed by atoms with Crippen LogP contribution in [0.1, 0.15) is 29.2 Å². The Morgan fingerprint density at radius 1 is 0.833 bits per heavy atom. The lowest BCUT2D eigenvalue weighted by atomic mass is 10.1. The molecule has 0 aliphatic carbocycles. The summed E-state index contributed by atoms with van der Waals surface area (Å²) in [4.78, 5) is 4.85. The summed E-state index contributed by atoms with van der Waals surface area (Å²) >= 11 is 0. The van der Waals surface area contributed by atoms with E-state index in [1.54, 1.807) is 12.1 Å². The van der Waals surface area contributed by atoms with E-state index in [0.29, 0.717) is 12.6 Å². The highest BCUT2D eigenvalue weighted by molar-refractivity contribution is 5.43. The summed E-state index contributed by atoms with van der Waals surface area (Å²) in [7, 11) is 0. The summed E-state index contributed by atoms with van der Waals surface area (Å²) < 4.78 is 14.0. The molecule has 0 amide bonds. The summed E-state index contributed by atoms with van der Waals surface area (Å²) in [5.41, 5.74) is 4.14. The monoisotopic (exact) mass is 398 g/mol. The van der Waals surface area contributed by atoms with Gasteiger partial charge in [-0.3, -0.25) is 9.80 Å². The zero-order valence-electron chi connectivity index (χ0n) is 17.4. The SMILES string of the molecule is C[C@@H]1CN(Cc2ccccc2F)CCN1Cc1cccc(C#Cc2ccccc2)c1. The first-order valence-corrected chi connectivity index (χ1v) is 10.5. The van der Waals surface area contributed by atoms with Crippen molar-refractivity contribution in [1.82, 2.24) is 9.80 Å². The molecule has 1 saturated heterocycles. The molecule has 0 bridgehead atoms. The highest BCUT2D eigenvalue weighted by Gasteiger charge is 2.24. The third kappa shape index (κ3) is 5.36. The highest BCUT2D eigenvalue weighted by Crippen LogP contribution is 2.18. The first kappa shape index (κ1) is 20.3. The van der Waals surface area contributed by atoms with Gasteiger partial charge < -0.3 is 0 Å². The molecule has 0 N–H and O–H groups in total. The van der Waals surface area contributed by atoms with Crippen molar-refractivity contribution in [2.75, 3.05) is 19.6 Å². The first-order valence-electron chi connectivity index (χ1n) is 10.5. The third-order valence-corrected chi connectivity index (χ3v) is 5.64. The van der Waals surface area contributed by atoms with E-state index in [-0.39, 0.29) is 5.82 Å². The number of hydrogen-bond donors (Lipinski definition) is 0. The maximum Gasteiger partial charge on any atom is 0.127 e. The van der Waals surface area contributed by atoms with E-state index in [9.17, 15) is 4.39 Å². The molecule has 0 saturated carbocycles. The molecule has 0 unspecified atom stereocenters. The lowest BCUT2D eigenvalue weighted by Crippen LogP contribution is -2.50. The van der Waals surface area contributed by atoms with E-state index in [4.69, 9.17) is 0 Å². The van der Waals surface area contributed by atoms with Crippen LogP contribution in [0.15, 0.2) is 78.9 Å². The molecule has 3 aromatic rings. The Kier molecular flexibility index (Phi) is 6.59. The van der Waals surface area contributed by atoms with Crippen LogP contribution in [0.25, 0.3) is 0 Å². The minimum atomic E-state index is -0.110. The van der Waals surface area contributed by atoms with Crippen molar-refractivity contribution in [2.24, 2.45) is 0 Å². The zero-order valence-corrected chi connectivity index (χ0v) is 17.4. The summed E-state index contributed by atoms with van der Waals surface area (Å²) in [6.07, 6.45) is 0. The Morgan fingerprint density at radius 2 is 1.57 bits per heavy atom. The van der Waals surface area contributed by atoms with Crippen molar-refractivity contribution in [2.45, 2.75) is 26.1 Å². The molecular weight excluding hydrogens is 371 g/mol. The van der Waals surface area contributed by atoms with Gasteiger partial charge in [-0.1, -0.05) is 60.4 Å². The fourth-order valence-corrected chi connectivity index (χ4v) is 3.96. The Labute approximate surface area is 179 Å². The zero-order chi connectivity index (χ0) is 20.8. The van der Waals surface area contributed by atoms with Crippen LogP contribution in [0.5, 0.6) is 0 Å². The molecule has 0 aromatic heterocycles. The number of piperazine rings is 1. The van der Waals surface area contributed by atoms with Gasteiger partial charge in [0.1, 0.15) is 5.82 Å². The predicted octanol–water partition coefficient (Wildman–Crippen LogP) is 4.93. The molecule has 1 heterocycles. The van der Waals surface area contributed by atoms with Crippen molar-refractivity contribution in [1.29, 1.82) is 0 Å². The van der Waals surface area contributed by atoms with Crippen molar-refractivity contribution < 1.29 is 4.39 Å². The van der Waals surface area contributed by atoms with E-state index in [1.165, 1.54) is 5.56 Å². The van der Waals surface area contributed by atoms with Gasteiger partial charge in [0.05, 0.1) is 0 Å². The normalized spacial score (nSPS) is 17.3. The van der Waals surface area contributed by atoms with Gasteiger partial charge in [0.15, 0.2) is 0 Å². The quantitative estimate of drug-likeness (QED) is 0.575. The predicted molar refractivity (Wildman–Crippen MR) is 120 cm³/mol. The van der Waals surface area contributed by atoms with Gasteiger partial charge in [-0.05, 0) is 42.8 Å². The number of hydrogen-bond acceptors (Lipinski definition) is 2. The number of nitrogens with zero attached hydrogens (tertiary/aromatic N) is 2. The van der Waals surface area contributed by atoms with Crippen LogP contribution in [0.4, 0.5) is 4.39 Å². The number of halogens is 1. The lowest BCUT2D eigenvalue weighted by molar-refractivity contribution is 0.0726. The van der Waals surface area contributed by atoms with Gasteiger partial charge in [-0.15, -0.1) is 0 Å². The van der Waals surface area contributed by atoms with E-state index in [2.05, 4.69) is 52.8 Å². The van der Waals surface area contributed by atoms with Gasteiger partial charge in [-0.25, -0.2) is 4.39 Å². The molecule has 3 heteroatoms. The Bertz CT molecular complexity index is 1040. The average molecular weight is 399 g/mol. The molecule has 1 fully saturated rings. The maximum absolute atomic E-state index is 14.0. The number of benzene rings is 3. The van der Waals surface area contributed by atoms with Crippen LogP contribution in [0.3, 0.4) is 0 Å². The van der Waals surface area contributed by atoms with Crippen LogP contribution in [0.2, 0.25) is 0 Å². The van der Waals surface area contributed by atoms with Crippen molar-refractivity contribution in [3.8, 4) is 11.8 Å². The van der Waals surface area contributed by atoms with Gasteiger partial charge in [-0.2, -0.15) is 0 Å². The smallest absolute Gasteiger partial charge is 0.127 e. The molecule has 3 aromatic carbocycles. The van der Waals surface area contributed by atoms with Crippen LogP contribution in [0, 0.1) is 17.7 Å². The van der Waals surface area contributed by atoms with Crippen LogP contribution < -0.4 is 0 Å². The van der Waals surface area contributed by atoms with Crippen LogP contribution in [-0.4, -0.2) is 35.5 Å². The molecule has 0 spiro atoms. The van der Waals surface area contributed by atoms with Crippen molar-refractivity contribution in [3.05, 3.63) is 107 Å². The van der Waals surface area contributed by atoms with Gasteiger partial charge in [0.2, 0.25) is 0 Å². The molecule has 1 atom stereocenters. The Morgan fingerprint density at radius 3 is 2.37 bits per heavy atom. The van der Waals surface area contributed by atoms with Gasteiger partial charge in [0, 0.05) is 55.5 Å². The highest BCUT2D eigenvalue weighted by atomic mass is 19.1. The molecule has 1 aliphatic heterocycles. The maximum atomic E-state index is 14.0. The molecule has 30 heavy (non-hydrogen) atoms. The number of rotatable bonds is 4. The van der Waals surface area contributed by atoms with Gasteiger partial charge in [0.25, 0.3) is 0 Å². The molecule has 2 nitrogen and oxygen atoms in total. The largest absolute Gasteiger partial charge is 0.296 e. The van der Waals surface area contributed by atoms with E-state index in [1.807, 2.05) is 42.5 Å². The topological polar surface area (TPSA) is 6.48 Å². The summed E-state index contributed by atoms with van der Waals surface area (Å²) in [5.74, 6) is 6.40. The summed E-state index contributed by atoms with van der Waals surface area (Å²) in [5, 5.41) is 0. The fourth-order valence-electron chi connectivity index (χ4n) is 3.96. The van der Waals surface area contributed by atoms with E-state index in [0.717, 1.165) is 42.9 Å². The van der Waals surface area contributed by atoms with Crippen molar-refractivity contribution in [3.63, 3.8) is 0 Å². The van der Waals surface area contributed by atoms with E-state index < -0.39 is 0 Å². The minimum Gasteiger partial charge on any atom is -0.296 e. The van der Waals surface area contributed by atoms with Crippen LogP contribution in [-0.2, 0) is 13.1 Å². The molecule has 152 valence electrons. The van der Waals surface area contributed by atoms with Crippen molar-refractivity contribution >= 4 is 0 Å². The average Bonchev–Trinajstić information content (AvgIpc) is 2.77. The standard InChI is InChI=1S/C27H27FN2/c1-22-19-29(21-26-12-5-6-13-27(26)28)16-17-30(22)20-25-11-7-10-24(18-25)15-14-23-8-3-2-4-9-23/h2-13,18,22H,16-17,19-21H2,1H3/t22-/m1/s1. The summed E-state index contributed by atoms with van der Waals surface area (Å²) in [6, 6.07) is 26.1. The third-order valence-electron chi connectivity index (χ3n) is 5.64.